The van der Waals surface area contributed by atoms with Crippen molar-refractivity contribution in [3.63, 3.8) is 0 Å². The predicted molar refractivity (Wildman–Crippen MR) is 75.9 cm³/mol. The Morgan fingerprint density at radius 3 is 1.81 bits per heavy atom. The van der Waals surface area contributed by atoms with Gasteiger partial charge >= 0.3 is 0 Å². The van der Waals surface area contributed by atoms with E-state index in [9.17, 15) is 0 Å². The van der Waals surface area contributed by atoms with Crippen molar-refractivity contribution in [1.29, 1.82) is 0 Å². The lowest BCUT2D eigenvalue weighted by Gasteiger charge is -2.15. The van der Waals surface area contributed by atoms with E-state index in [-0.39, 0.29) is 0 Å². The highest BCUT2D eigenvalue weighted by molar-refractivity contribution is 5.28. The summed E-state index contributed by atoms with van der Waals surface area (Å²) >= 11 is 0. The summed E-state index contributed by atoms with van der Waals surface area (Å²) in [5.41, 5.74) is 2.98. The molecule has 0 aliphatic carbocycles. The lowest BCUT2D eigenvalue weighted by atomic mass is 10.0. The molecule has 1 aliphatic heterocycles. The minimum Gasteiger partial charge on any atom is -0.312 e. The zero-order valence-electron chi connectivity index (χ0n) is 11.9. The Morgan fingerprint density at radius 1 is 0.812 bits per heavy atom. The summed E-state index contributed by atoms with van der Waals surface area (Å²) in [6.07, 6.45) is 1.19. The van der Waals surface area contributed by atoms with Crippen molar-refractivity contribution in [3.8, 4) is 0 Å². The first-order valence-corrected chi connectivity index (χ1v) is 6.74. The number of hydrogen-bond donors (Lipinski definition) is 1. The van der Waals surface area contributed by atoms with E-state index in [1.54, 1.807) is 0 Å². The molecule has 0 bridgehead atoms. The van der Waals surface area contributed by atoms with Crippen molar-refractivity contribution >= 4 is 0 Å². The first-order valence-electron chi connectivity index (χ1n) is 6.74. The molecule has 0 amide bonds. The summed E-state index contributed by atoms with van der Waals surface area (Å²) in [7, 11) is 0. The third-order valence-electron chi connectivity index (χ3n) is 2.00. The van der Waals surface area contributed by atoms with E-state index < -0.39 is 0 Å². The van der Waals surface area contributed by atoms with Crippen molar-refractivity contribution < 1.29 is 0 Å². The number of fused-ring (bicyclic) bond motifs is 1. The molecule has 0 saturated heterocycles. The van der Waals surface area contributed by atoms with Gasteiger partial charge in [-0.2, -0.15) is 0 Å². The molecule has 1 heterocycles. The molecule has 1 nitrogen and oxygen atoms in total. The summed E-state index contributed by atoms with van der Waals surface area (Å²) < 4.78 is 0. The quantitative estimate of drug-likeness (QED) is 0.687. The van der Waals surface area contributed by atoms with Gasteiger partial charge in [0.25, 0.3) is 0 Å². The lowest BCUT2D eigenvalue weighted by molar-refractivity contribution is 0.644. The van der Waals surface area contributed by atoms with Gasteiger partial charge in [-0.1, -0.05) is 65.8 Å². The highest BCUT2D eigenvalue weighted by atomic mass is 14.9. The second-order valence-electron chi connectivity index (χ2n) is 2.70. The topological polar surface area (TPSA) is 12.0 Å². The molecule has 2 rings (SSSR count). The van der Waals surface area contributed by atoms with Crippen LogP contribution < -0.4 is 5.32 Å². The Labute approximate surface area is 102 Å². The van der Waals surface area contributed by atoms with Crippen LogP contribution in [0.4, 0.5) is 0 Å². The van der Waals surface area contributed by atoms with Gasteiger partial charge in [0.1, 0.15) is 0 Å². The molecule has 0 aromatic heterocycles. The van der Waals surface area contributed by atoms with Gasteiger partial charge in [0.2, 0.25) is 0 Å². The molecule has 1 aromatic carbocycles. The van der Waals surface area contributed by atoms with Crippen LogP contribution in [-0.4, -0.2) is 6.54 Å². The van der Waals surface area contributed by atoms with Crippen LogP contribution in [0.5, 0.6) is 0 Å². The Morgan fingerprint density at radius 2 is 1.31 bits per heavy atom. The van der Waals surface area contributed by atoms with Gasteiger partial charge in [-0.25, -0.2) is 0 Å². The van der Waals surface area contributed by atoms with Crippen molar-refractivity contribution in [2.45, 2.75) is 54.5 Å². The maximum atomic E-state index is 3.34. The molecule has 0 saturated carbocycles. The van der Waals surface area contributed by atoms with Crippen LogP contribution in [0.15, 0.2) is 24.3 Å². The van der Waals surface area contributed by atoms with Gasteiger partial charge in [0, 0.05) is 6.54 Å². The van der Waals surface area contributed by atoms with Crippen molar-refractivity contribution in [3.05, 3.63) is 35.4 Å². The second kappa shape index (κ2) is 14.2. The Balaban J connectivity index is 0. The van der Waals surface area contributed by atoms with Crippen LogP contribution >= 0.6 is 0 Å². The van der Waals surface area contributed by atoms with Gasteiger partial charge in [0.05, 0.1) is 0 Å². The standard InChI is InChI=1S/C9H11N.3C2H6/c1-2-4-9-7-10-6-5-8(9)3-1;3*1-2/h1-4,10H,5-7H2;3*1-2H3. The minimum atomic E-state index is 1.05. The Bertz CT molecular complexity index is 206. The van der Waals surface area contributed by atoms with Gasteiger partial charge in [-0.05, 0) is 24.1 Å². The van der Waals surface area contributed by atoms with E-state index in [1.165, 1.54) is 17.5 Å². The molecule has 0 unspecified atom stereocenters. The average Bonchev–Trinajstić information content (AvgIpc) is 2.45. The second-order valence-corrected chi connectivity index (χ2v) is 2.70. The maximum absolute atomic E-state index is 3.34. The van der Waals surface area contributed by atoms with E-state index in [1.807, 2.05) is 41.5 Å². The molecule has 1 N–H and O–H groups in total. The summed E-state index contributed by atoms with van der Waals surface area (Å²) in [4.78, 5) is 0. The van der Waals surface area contributed by atoms with E-state index in [0.717, 1.165) is 13.1 Å². The lowest BCUT2D eigenvalue weighted by Crippen LogP contribution is -2.23. The van der Waals surface area contributed by atoms with Gasteiger partial charge < -0.3 is 5.32 Å². The fourth-order valence-corrected chi connectivity index (χ4v) is 1.42. The number of benzene rings is 1. The largest absolute Gasteiger partial charge is 0.312 e. The number of nitrogens with one attached hydrogen (secondary N) is 1. The van der Waals surface area contributed by atoms with Gasteiger partial charge in [-0.3, -0.25) is 0 Å². The van der Waals surface area contributed by atoms with Crippen LogP contribution in [0.2, 0.25) is 0 Å². The first kappa shape index (κ1) is 17.6. The molecule has 16 heavy (non-hydrogen) atoms. The molecule has 1 aromatic rings. The molecule has 0 radical (unpaired) electrons. The van der Waals surface area contributed by atoms with Crippen molar-refractivity contribution in [2.24, 2.45) is 0 Å². The molecule has 1 heteroatoms. The van der Waals surface area contributed by atoms with E-state index in [0.29, 0.717) is 0 Å². The monoisotopic (exact) mass is 223 g/mol. The predicted octanol–water partition coefficient (Wildman–Crippen LogP) is 4.41. The smallest absolute Gasteiger partial charge is 0.0208 e. The zero-order valence-corrected chi connectivity index (χ0v) is 11.9. The Hall–Kier alpha value is -0.820. The Kier molecular flexibility index (Phi) is 15.6. The minimum absolute atomic E-state index is 1.05. The van der Waals surface area contributed by atoms with Crippen molar-refractivity contribution in [1.82, 2.24) is 5.32 Å². The SMILES string of the molecule is CC.CC.CC.c1ccc2c(c1)CCNC2. The normalized spacial score (nSPS) is 11.4. The maximum Gasteiger partial charge on any atom is 0.0208 e. The number of rotatable bonds is 0. The molecule has 94 valence electrons. The van der Waals surface area contributed by atoms with Crippen LogP contribution in [-0.2, 0) is 13.0 Å². The van der Waals surface area contributed by atoms with Crippen LogP contribution in [0.3, 0.4) is 0 Å². The third-order valence-corrected chi connectivity index (χ3v) is 2.00. The van der Waals surface area contributed by atoms with Crippen LogP contribution in [0.25, 0.3) is 0 Å². The summed E-state index contributed by atoms with van der Waals surface area (Å²) in [6.45, 7) is 14.2. The zero-order chi connectivity index (χ0) is 12.8. The molecular weight excluding hydrogens is 194 g/mol. The summed E-state index contributed by atoms with van der Waals surface area (Å²) in [5, 5.41) is 3.34. The van der Waals surface area contributed by atoms with Gasteiger partial charge in [-0.15, -0.1) is 0 Å². The highest BCUT2D eigenvalue weighted by Crippen LogP contribution is 2.11. The molecular formula is C15H29N. The summed E-state index contributed by atoms with van der Waals surface area (Å²) in [6, 6.07) is 8.63. The molecule has 0 atom stereocenters. The first-order chi connectivity index (χ1) is 7.97. The van der Waals surface area contributed by atoms with E-state index in [4.69, 9.17) is 0 Å². The third kappa shape index (κ3) is 6.62. The van der Waals surface area contributed by atoms with E-state index in [2.05, 4.69) is 29.6 Å². The molecule has 1 aliphatic rings. The van der Waals surface area contributed by atoms with Crippen molar-refractivity contribution in [2.75, 3.05) is 6.54 Å². The van der Waals surface area contributed by atoms with Crippen LogP contribution in [0.1, 0.15) is 52.7 Å². The van der Waals surface area contributed by atoms with Crippen LogP contribution in [0, 0.1) is 0 Å². The fourth-order valence-electron chi connectivity index (χ4n) is 1.42. The highest BCUT2D eigenvalue weighted by Gasteiger charge is 2.05. The summed E-state index contributed by atoms with van der Waals surface area (Å²) in [5.74, 6) is 0. The average molecular weight is 223 g/mol. The van der Waals surface area contributed by atoms with E-state index >= 15 is 0 Å². The molecule has 0 fully saturated rings. The van der Waals surface area contributed by atoms with Gasteiger partial charge in [0.15, 0.2) is 0 Å². The molecule has 0 spiro atoms. The number of hydrogen-bond acceptors (Lipinski definition) is 1. The fraction of sp³-hybridized carbons (Fsp3) is 0.600.